The number of carboxylic acids is 1. The van der Waals surface area contributed by atoms with E-state index >= 15 is 0 Å². The molecule has 292 valence electrons. The lowest BCUT2D eigenvalue weighted by molar-refractivity contribution is -0.192. The molecule has 5 N–H and O–H groups in total. The minimum absolute atomic E-state index is 0.0109. The molecule has 0 bridgehead atoms. The van der Waals surface area contributed by atoms with Crippen molar-refractivity contribution in [3.63, 3.8) is 0 Å². The van der Waals surface area contributed by atoms with Crippen LogP contribution in [0.1, 0.15) is 48.9 Å². The number of ether oxygens (including phenoxy) is 2. The third-order valence-corrected chi connectivity index (χ3v) is 7.24. The number of rotatable bonds is 18. The van der Waals surface area contributed by atoms with Gasteiger partial charge in [-0.2, -0.15) is 17.4 Å². The Hall–Kier alpha value is -4.58. The monoisotopic (exact) mass is 773 g/mol. The van der Waals surface area contributed by atoms with Crippen LogP contribution >= 0.6 is 0 Å². The van der Waals surface area contributed by atoms with Gasteiger partial charge in [0.2, 0.25) is 5.91 Å². The summed E-state index contributed by atoms with van der Waals surface area (Å²) in [7, 11) is 0. The van der Waals surface area contributed by atoms with E-state index in [2.05, 4.69) is 41.5 Å². The minimum atomic E-state index is -5.08. The molecule has 0 aliphatic rings. The summed E-state index contributed by atoms with van der Waals surface area (Å²) >= 11 is 2.83. The van der Waals surface area contributed by atoms with E-state index in [1.54, 1.807) is 12.1 Å². The summed E-state index contributed by atoms with van der Waals surface area (Å²) in [5.41, 5.74) is 3.26. The highest BCUT2D eigenvalue weighted by atomic mass is 32.1. The van der Waals surface area contributed by atoms with Crippen LogP contribution in [0.15, 0.2) is 72.8 Å². The SMILES string of the molecule is CCCCOC[C@H](NC(=O)OCc1ccccc1)C(=O)N[C@@H](Cc1cc(F)cc(F)c1)[C@H](O)CNCc1cccc(CC)c1.O=C(O)C(F)(F)F.O=S. The Morgan fingerprint density at radius 3 is 2.04 bits per heavy atom. The van der Waals surface area contributed by atoms with Crippen LogP contribution in [0.3, 0.4) is 0 Å². The zero-order valence-corrected chi connectivity index (χ0v) is 30.0. The highest BCUT2D eigenvalue weighted by molar-refractivity contribution is 7.44. The molecular formula is C36H44F5N3O8S. The molecular weight excluding hydrogens is 729 g/mol. The summed E-state index contributed by atoms with van der Waals surface area (Å²) < 4.78 is 78.5. The van der Waals surface area contributed by atoms with Gasteiger partial charge in [-0.15, -0.1) is 0 Å². The third-order valence-electron chi connectivity index (χ3n) is 7.24. The van der Waals surface area contributed by atoms with Gasteiger partial charge in [0.1, 0.15) is 24.3 Å². The highest BCUT2D eigenvalue weighted by Gasteiger charge is 2.38. The number of hydrogen-bond acceptors (Lipinski definition) is 9. The van der Waals surface area contributed by atoms with Crippen LogP contribution in [0, 0.1) is 11.6 Å². The van der Waals surface area contributed by atoms with Gasteiger partial charge in [-0.25, -0.2) is 18.4 Å². The zero-order valence-electron chi connectivity index (χ0n) is 29.2. The lowest BCUT2D eigenvalue weighted by Crippen LogP contribution is -2.56. The molecule has 0 heterocycles. The number of nitrogens with one attached hydrogen (secondary N) is 3. The number of aliphatic hydroxyl groups excluding tert-OH is 1. The number of amides is 2. The molecule has 3 aromatic carbocycles. The summed E-state index contributed by atoms with van der Waals surface area (Å²) in [6.07, 6.45) is -4.54. The standard InChI is InChI=1S/C34H43F2N3O5.C2HF3O2.OS/c1-3-5-14-43-23-31(39-34(42)44-22-25-10-7-6-8-11-25)33(41)38-30(18-27-16-28(35)19-29(36)17-27)32(40)21-37-20-26-13-9-12-24(4-2)15-26;3-2(4,5)1(6)7;1-2/h6-13,15-17,19,30-32,37,40H,3-5,14,18,20-23H2,1-2H3,(H,38,41)(H,39,42);(H,6,7);/t30-,31-,32+;;/m0../s1. The summed E-state index contributed by atoms with van der Waals surface area (Å²) in [6.45, 7) is 4.90. The first-order valence-corrected chi connectivity index (χ1v) is 16.8. The Balaban J connectivity index is 0.00000139. The van der Waals surface area contributed by atoms with Crippen molar-refractivity contribution in [2.75, 3.05) is 19.8 Å². The maximum atomic E-state index is 14.0. The quantitative estimate of drug-likeness (QED) is 0.0868. The lowest BCUT2D eigenvalue weighted by Gasteiger charge is -2.27. The highest BCUT2D eigenvalue weighted by Crippen LogP contribution is 2.14. The van der Waals surface area contributed by atoms with Crippen LogP contribution in [-0.4, -0.2) is 76.5 Å². The Kier molecular flexibility index (Phi) is 22.3. The number of unbranched alkanes of at least 4 members (excludes halogenated alkanes) is 1. The molecule has 0 aliphatic heterocycles. The van der Waals surface area contributed by atoms with Gasteiger partial charge in [-0.1, -0.05) is 74.9 Å². The van der Waals surface area contributed by atoms with E-state index in [0.717, 1.165) is 48.6 Å². The maximum absolute atomic E-state index is 14.0. The van der Waals surface area contributed by atoms with Crippen molar-refractivity contribution < 1.29 is 60.2 Å². The van der Waals surface area contributed by atoms with Gasteiger partial charge in [0.15, 0.2) is 12.5 Å². The van der Waals surface area contributed by atoms with Gasteiger partial charge in [-0.3, -0.25) is 4.79 Å². The summed E-state index contributed by atoms with van der Waals surface area (Å²) in [6, 6.07) is 18.1. The van der Waals surface area contributed by atoms with Gasteiger partial charge in [0.25, 0.3) is 0 Å². The Labute approximate surface area is 309 Å². The average Bonchev–Trinajstić information content (AvgIpc) is 3.12. The first kappa shape index (κ1) is 46.4. The van der Waals surface area contributed by atoms with E-state index in [-0.39, 0.29) is 31.7 Å². The smallest absolute Gasteiger partial charge is 0.475 e. The van der Waals surface area contributed by atoms with Crippen LogP contribution < -0.4 is 16.0 Å². The molecule has 0 aliphatic carbocycles. The molecule has 53 heavy (non-hydrogen) atoms. The summed E-state index contributed by atoms with van der Waals surface area (Å²) in [5, 5.41) is 26.8. The van der Waals surface area contributed by atoms with E-state index < -0.39 is 54.0 Å². The van der Waals surface area contributed by atoms with E-state index in [9.17, 15) is 36.6 Å². The molecule has 0 unspecified atom stereocenters. The number of halogens is 5. The van der Waals surface area contributed by atoms with E-state index in [1.807, 2.05) is 43.3 Å². The maximum Gasteiger partial charge on any atom is 0.490 e. The predicted molar refractivity (Wildman–Crippen MR) is 187 cm³/mol. The zero-order chi connectivity index (χ0) is 39.8. The average molecular weight is 774 g/mol. The normalized spacial score (nSPS) is 12.5. The number of aliphatic carboxylic acids is 1. The van der Waals surface area contributed by atoms with Crippen LogP contribution in [-0.2, 0) is 57.6 Å². The molecule has 3 atom stereocenters. The van der Waals surface area contributed by atoms with Crippen molar-refractivity contribution in [2.24, 2.45) is 0 Å². The van der Waals surface area contributed by atoms with Crippen molar-refractivity contribution in [3.05, 3.63) is 107 Å². The topological polar surface area (TPSA) is 163 Å². The molecule has 0 saturated heterocycles. The first-order valence-electron chi connectivity index (χ1n) is 16.4. The van der Waals surface area contributed by atoms with Gasteiger partial charge in [-0.05, 0) is 53.6 Å². The van der Waals surface area contributed by atoms with E-state index in [4.69, 9.17) is 23.6 Å². The summed E-state index contributed by atoms with van der Waals surface area (Å²) in [4.78, 5) is 35.0. The van der Waals surface area contributed by atoms with Gasteiger partial charge >= 0.3 is 18.2 Å². The van der Waals surface area contributed by atoms with Crippen LogP contribution in [0.2, 0.25) is 0 Å². The molecule has 0 saturated carbocycles. The number of carboxylic acid groups (broad SMARTS) is 1. The molecule has 0 spiro atoms. The number of hydrogen-bond donors (Lipinski definition) is 5. The second-order valence-electron chi connectivity index (χ2n) is 11.5. The number of benzene rings is 3. The van der Waals surface area contributed by atoms with Crippen molar-refractivity contribution in [1.29, 1.82) is 0 Å². The van der Waals surface area contributed by atoms with Crippen LogP contribution in [0.25, 0.3) is 0 Å². The molecule has 3 aromatic rings. The number of alkyl carbamates (subject to hydrolysis) is 1. The lowest BCUT2D eigenvalue weighted by atomic mass is 10.00. The second-order valence-corrected chi connectivity index (χ2v) is 11.5. The predicted octanol–water partition coefficient (Wildman–Crippen LogP) is 5.11. The third kappa shape index (κ3) is 19.7. The molecule has 2 amide bonds. The molecule has 17 heteroatoms. The largest absolute Gasteiger partial charge is 0.490 e. The summed E-state index contributed by atoms with van der Waals surface area (Å²) in [5.74, 6) is -4.92. The van der Waals surface area contributed by atoms with Gasteiger partial charge in [0.05, 0.1) is 18.8 Å². The first-order chi connectivity index (χ1) is 25.2. The van der Waals surface area contributed by atoms with Crippen molar-refractivity contribution in [3.8, 4) is 0 Å². The van der Waals surface area contributed by atoms with Crippen molar-refractivity contribution >= 4 is 30.5 Å². The minimum Gasteiger partial charge on any atom is -0.475 e. The van der Waals surface area contributed by atoms with Crippen LogP contribution in [0.5, 0.6) is 0 Å². The number of aryl methyl sites for hydroxylation is 1. The Morgan fingerprint density at radius 2 is 1.45 bits per heavy atom. The van der Waals surface area contributed by atoms with Gasteiger partial charge < -0.3 is 35.6 Å². The fraction of sp³-hybridized carbons (Fsp3) is 0.417. The molecule has 0 aromatic heterocycles. The van der Waals surface area contributed by atoms with E-state index in [1.165, 1.54) is 5.56 Å². The van der Waals surface area contributed by atoms with Crippen LogP contribution in [0.4, 0.5) is 26.7 Å². The van der Waals surface area contributed by atoms with Crippen molar-refractivity contribution in [1.82, 2.24) is 16.0 Å². The fourth-order valence-corrected chi connectivity index (χ4v) is 4.55. The Morgan fingerprint density at radius 1 is 0.849 bits per heavy atom. The van der Waals surface area contributed by atoms with Crippen molar-refractivity contribution in [2.45, 2.75) is 77.0 Å². The fourth-order valence-electron chi connectivity index (χ4n) is 4.55. The molecule has 11 nitrogen and oxygen atoms in total. The van der Waals surface area contributed by atoms with Gasteiger partial charge in [0, 0.05) is 25.8 Å². The molecule has 0 fully saturated rings. The number of carbonyl (C=O) groups is 3. The number of aliphatic hydroxyl groups is 1. The Bertz CT molecular complexity index is 1520. The van der Waals surface area contributed by atoms with E-state index in [0.29, 0.717) is 13.2 Å². The number of alkyl halides is 3. The molecule has 0 radical (unpaired) electrons. The number of carbonyl (C=O) groups excluding carboxylic acids is 2. The second kappa shape index (κ2) is 25.4. The molecule has 3 rings (SSSR count).